The highest BCUT2D eigenvalue weighted by atomic mass is 16.6. The van der Waals surface area contributed by atoms with E-state index < -0.39 is 23.7 Å². The first kappa shape index (κ1) is 23.5. The zero-order valence-electron chi connectivity index (χ0n) is 17.2. The highest BCUT2D eigenvalue weighted by molar-refractivity contribution is 5.81. The Labute approximate surface area is 166 Å². The number of esters is 2. The molecule has 0 spiro atoms. The van der Waals surface area contributed by atoms with Crippen molar-refractivity contribution >= 4 is 18.0 Å². The molecule has 0 fully saturated rings. The number of unbranched alkanes of at least 4 members (excludes halogenated alkanes) is 2. The molecule has 1 amide bonds. The van der Waals surface area contributed by atoms with E-state index in [1.807, 2.05) is 51.1 Å². The fourth-order valence-corrected chi connectivity index (χ4v) is 2.49. The molecule has 0 bridgehead atoms. The van der Waals surface area contributed by atoms with Crippen LogP contribution in [-0.2, 0) is 30.4 Å². The van der Waals surface area contributed by atoms with Crippen molar-refractivity contribution in [2.75, 3.05) is 7.11 Å². The Bertz CT molecular complexity index is 624. The molecular formula is C21H31NO6. The maximum atomic E-state index is 12.0. The Balaban J connectivity index is 2.33. The Kier molecular flexibility index (Phi) is 10.1. The lowest BCUT2D eigenvalue weighted by molar-refractivity contribution is -0.155. The summed E-state index contributed by atoms with van der Waals surface area (Å²) in [5.74, 6) is -0.761. The predicted octanol–water partition coefficient (Wildman–Crippen LogP) is 3.75. The van der Waals surface area contributed by atoms with E-state index in [-0.39, 0.29) is 12.6 Å². The van der Waals surface area contributed by atoms with Gasteiger partial charge in [0.1, 0.15) is 18.2 Å². The largest absolute Gasteiger partial charge is 0.467 e. The number of carbonyl (C=O) groups excluding carboxylic acids is 3. The molecule has 0 saturated carbocycles. The molecule has 28 heavy (non-hydrogen) atoms. The van der Waals surface area contributed by atoms with Crippen molar-refractivity contribution in [1.29, 1.82) is 0 Å². The molecule has 0 aliphatic rings. The fraction of sp³-hybridized carbons (Fsp3) is 0.571. The number of hydrogen-bond acceptors (Lipinski definition) is 6. The molecule has 7 heteroatoms. The monoisotopic (exact) mass is 393 g/mol. The van der Waals surface area contributed by atoms with Gasteiger partial charge in [0.05, 0.1) is 7.11 Å². The summed E-state index contributed by atoms with van der Waals surface area (Å²) in [6.45, 7) is 5.60. The first-order valence-electron chi connectivity index (χ1n) is 9.48. The smallest absolute Gasteiger partial charge is 0.408 e. The third kappa shape index (κ3) is 10.5. The third-order valence-electron chi connectivity index (χ3n) is 3.78. The molecule has 1 aromatic carbocycles. The van der Waals surface area contributed by atoms with Gasteiger partial charge in [-0.2, -0.15) is 0 Å². The van der Waals surface area contributed by atoms with Gasteiger partial charge in [0, 0.05) is 6.42 Å². The summed E-state index contributed by atoms with van der Waals surface area (Å²) in [6, 6.07) is 8.48. The number of nitrogens with one attached hydrogen (secondary N) is 1. The SMILES string of the molecule is COC(=O)[C@H](CCCCCC(=O)OC(C)(C)C)NC(=O)OCc1ccccc1. The molecule has 1 aromatic rings. The summed E-state index contributed by atoms with van der Waals surface area (Å²) in [6.07, 6.45) is 2.10. The van der Waals surface area contributed by atoms with E-state index in [0.29, 0.717) is 25.7 Å². The highest BCUT2D eigenvalue weighted by Gasteiger charge is 2.22. The van der Waals surface area contributed by atoms with E-state index in [1.165, 1.54) is 7.11 Å². The van der Waals surface area contributed by atoms with Gasteiger partial charge in [0.2, 0.25) is 0 Å². The molecule has 156 valence electrons. The number of carbonyl (C=O) groups is 3. The lowest BCUT2D eigenvalue weighted by Crippen LogP contribution is -2.41. The molecule has 0 radical (unpaired) electrons. The van der Waals surface area contributed by atoms with E-state index in [9.17, 15) is 14.4 Å². The van der Waals surface area contributed by atoms with E-state index in [2.05, 4.69) is 5.32 Å². The Morgan fingerprint density at radius 3 is 2.32 bits per heavy atom. The summed E-state index contributed by atoms with van der Waals surface area (Å²) in [7, 11) is 1.27. The Morgan fingerprint density at radius 1 is 1.04 bits per heavy atom. The van der Waals surface area contributed by atoms with Crippen LogP contribution in [0.4, 0.5) is 4.79 Å². The maximum Gasteiger partial charge on any atom is 0.408 e. The Morgan fingerprint density at radius 2 is 1.71 bits per heavy atom. The molecule has 0 aliphatic carbocycles. The molecule has 1 N–H and O–H groups in total. The van der Waals surface area contributed by atoms with Crippen molar-refractivity contribution in [3.05, 3.63) is 35.9 Å². The minimum Gasteiger partial charge on any atom is -0.467 e. The van der Waals surface area contributed by atoms with E-state index in [4.69, 9.17) is 14.2 Å². The van der Waals surface area contributed by atoms with Gasteiger partial charge in [-0.1, -0.05) is 43.2 Å². The second-order valence-electron chi connectivity index (χ2n) is 7.47. The zero-order valence-corrected chi connectivity index (χ0v) is 17.2. The molecule has 0 aromatic heterocycles. The molecular weight excluding hydrogens is 362 g/mol. The predicted molar refractivity (Wildman–Crippen MR) is 104 cm³/mol. The van der Waals surface area contributed by atoms with Crippen LogP contribution in [0.2, 0.25) is 0 Å². The highest BCUT2D eigenvalue weighted by Crippen LogP contribution is 2.12. The van der Waals surface area contributed by atoms with Crippen LogP contribution in [0.3, 0.4) is 0 Å². The molecule has 0 unspecified atom stereocenters. The average Bonchev–Trinajstić information content (AvgIpc) is 2.64. The number of alkyl carbamates (subject to hydrolysis) is 1. The van der Waals surface area contributed by atoms with Crippen molar-refractivity contribution in [3.8, 4) is 0 Å². The van der Waals surface area contributed by atoms with E-state index in [1.54, 1.807) is 0 Å². The van der Waals surface area contributed by atoms with Gasteiger partial charge in [-0.05, 0) is 39.2 Å². The van der Waals surface area contributed by atoms with Gasteiger partial charge in [0.15, 0.2) is 0 Å². The number of rotatable bonds is 10. The quantitative estimate of drug-likeness (QED) is 0.370. The van der Waals surface area contributed by atoms with Crippen LogP contribution in [0.15, 0.2) is 30.3 Å². The van der Waals surface area contributed by atoms with Crippen molar-refractivity contribution in [2.24, 2.45) is 0 Å². The number of ether oxygens (including phenoxy) is 3. The normalized spacial score (nSPS) is 12.0. The van der Waals surface area contributed by atoms with Gasteiger partial charge in [-0.15, -0.1) is 0 Å². The lowest BCUT2D eigenvalue weighted by atomic mass is 10.1. The van der Waals surface area contributed by atoms with Gasteiger partial charge >= 0.3 is 18.0 Å². The van der Waals surface area contributed by atoms with Crippen molar-refractivity contribution in [3.63, 3.8) is 0 Å². The minimum absolute atomic E-state index is 0.121. The third-order valence-corrected chi connectivity index (χ3v) is 3.78. The van der Waals surface area contributed by atoms with Crippen LogP contribution in [0.5, 0.6) is 0 Å². The van der Waals surface area contributed by atoms with E-state index >= 15 is 0 Å². The first-order valence-corrected chi connectivity index (χ1v) is 9.48. The van der Waals surface area contributed by atoms with Crippen LogP contribution in [0, 0.1) is 0 Å². The Hall–Kier alpha value is -2.57. The van der Waals surface area contributed by atoms with Crippen LogP contribution in [-0.4, -0.2) is 36.8 Å². The number of methoxy groups -OCH3 is 1. The fourth-order valence-electron chi connectivity index (χ4n) is 2.49. The summed E-state index contributed by atoms with van der Waals surface area (Å²) >= 11 is 0. The van der Waals surface area contributed by atoms with Crippen LogP contribution in [0.1, 0.15) is 58.4 Å². The van der Waals surface area contributed by atoms with Crippen LogP contribution in [0.25, 0.3) is 0 Å². The number of hydrogen-bond donors (Lipinski definition) is 1. The summed E-state index contributed by atoms with van der Waals surface area (Å²) < 4.78 is 15.1. The number of amides is 1. The van der Waals surface area contributed by atoms with Crippen molar-refractivity contribution in [1.82, 2.24) is 5.32 Å². The van der Waals surface area contributed by atoms with Crippen molar-refractivity contribution in [2.45, 2.75) is 71.1 Å². The molecule has 0 heterocycles. The lowest BCUT2D eigenvalue weighted by Gasteiger charge is -2.19. The summed E-state index contributed by atoms with van der Waals surface area (Å²) in [5, 5.41) is 2.54. The summed E-state index contributed by atoms with van der Waals surface area (Å²) in [4.78, 5) is 35.5. The van der Waals surface area contributed by atoms with Crippen LogP contribution < -0.4 is 5.32 Å². The maximum absolute atomic E-state index is 12.0. The van der Waals surface area contributed by atoms with Crippen molar-refractivity contribution < 1.29 is 28.6 Å². The van der Waals surface area contributed by atoms with Gasteiger partial charge in [-0.3, -0.25) is 4.79 Å². The molecule has 7 nitrogen and oxygen atoms in total. The molecule has 1 rings (SSSR count). The van der Waals surface area contributed by atoms with Gasteiger partial charge in [0.25, 0.3) is 0 Å². The second-order valence-corrected chi connectivity index (χ2v) is 7.47. The number of benzene rings is 1. The average molecular weight is 393 g/mol. The topological polar surface area (TPSA) is 90.9 Å². The second kappa shape index (κ2) is 12.0. The van der Waals surface area contributed by atoms with E-state index in [0.717, 1.165) is 12.0 Å². The molecule has 0 saturated heterocycles. The zero-order chi connectivity index (χ0) is 21.0. The van der Waals surface area contributed by atoms with Gasteiger partial charge in [-0.25, -0.2) is 9.59 Å². The standard InChI is InChI=1S/C21H31NO6/c1-21(2,3)28-18(23)14-10-6-9-13-17(19(24)26-4)22-20(25)27-15-16-11-7-5-8-12-16/h5,7-8,11-12,17H,6,9-10,13-15H2,1-4H3,(H,22,25)/t17-/m0/s1. The summed E-state index contributed by atoms with van der Waals surface area (Å²) in [5.41, 5.74) is 0.367. The molecule has 1 atom stereocenters. The molecule has 0 aliphatic heterocycles. The minimum atomic E-state index is -0.783. The van der Waals surface area contributed by atoms with Crippen LogP contribution >= 0.6 is 0 Å². The first-order chi connectivity index (χ1) is 13.2. The van der Waals surface area contributed by atoms with Gasteiger partial charge < -0.3 is 19.5 Å².